The van der Waals surface area contributed by atoms with Crippen molar-refractivity contribution in [1.29, 1.82) is 0 Å². The van der Waals surface area contributed by atoms with Gasteiger partial charge in [0.05, 0.1) is 0 Å². The molecule has 1 fully saturated rings. The average molecular weight is 500 g/mol. The van der Waals surface area contributed by atoms with Crippen LogP contribution in [0, 0.1) is 11.8 Å². The van der Waals surface area contributed by atoms with Gasteiger partial charge in [-0.1, -0.05) is 0 Å². The summed E-state index contributed by atoms with van der Waals surface area (Å²) in [5.74, 6) is 1.77. The van der Waals surface area contributed by atoms with E-state index in [1.807, 2.05) is 0 Å². The minimum absolute atomic E-state index is 0. The molecule has 2 aliphatic rings. The molecule has 0 heterocycles. The van der Waals surface area contributed by atoms with Gasteiger partial charge in [0, 0.05) is 0 Å². The second-order valence-electron chi connectivity index (χ2n) is 9.26. The number of halogens is 2. The third kappa shape index (κ3) is 5.77. The third-order valence-corrected chi connectivity index (χ3v) is 43.8. The Morgan fingerprint density at radius 3 is 1.83 bits per heavy atom. The van der Waals surface area contributed by atoms with Crippen LogP contribution in [0.25, 0.3) is 0 Å². The van der Waals surface area contributed by atoms with E-state index in [-0.39, 0.29) is 30.2 Å². The number of rotatable bonds is 4. The van der Waals surface area contributed by atoms with Gasteiger partial charge in [0.2, 0.25) is 0 Å². The largest absolute Gasteiger partial charge is 1.00 e. The molecular formula is C17H35Cl2NSi3Zr. The molecule has 2 rings (SSSR count). The van der Waals surface area contributed by atoms with Gasteiger partial charge in [-0.2, -0.15) is 0 Å². The van der Waals surface area contributed by atoms with E-state index in [0.29, 0.717) is 0 Å². The van der Waals surface area contributed by atoms with Crippen molar-refractivity contribution in [3.8, 4) is 0 Å². The molecule has 0 saturated heterocycles. The van der Waals surface area contributed by atoms with E-state index in [4.69, 9.17) is 0 Å². The molecule has 0 aliphatic heterocycles. The minimum Gasteiger partial charge on any atom is -1.00 e. The first-order chi connectivity index (χ1) is 10.0. The Morgan fingerprint density at radius 2 is 1.38 bits per heavy atom. The molecule has 0 aromatic rings. The summed E-state index contributed by atoms with van der Waals surface area (Å²) in [6.07, 6.45) is 12.7. The first-order valence-electron chi connectivity index (χ1n) is 8.86. The Kier molecular flexibility index (Phi) is 10.3. The van der Waals surface area contributed by atoms with Gasteiger partial charge in [-0.25, -0.2) is 0 Å². The summed E-state index contributed by atoms with van der Waals surface area (Å²) in [4.78, 5) is 0. The number of fused-ring (bicyclic) bond motifs is 1. The maximum absolute atomic E-state index is 3.33. The maximum Gasteiger partial charge on any atom is -1.00 e. The Bertz CT molecular complexity index is 503. The van der Waals surface area contributed by atoms with Crippen molar-refractivity contribution in [3.63, 3.8) is 0 Å². The summed E-state index contributed by atoms with van der Waals surface area (Å²) in [6.45, 7) is 21.1. The molecule has 7 heteroatoms. The summed E-state index contributed by atoms with van der Waals surface area (Å²) in [6, 6.07) is 0. The molecule has 0 radical (unpaired) electrons. The Hall–Kier alpha value is 1.55. The van der Waals surface area contributed by atoms with Gasteiger partial charge in [0.25, 0.3) is 0 Å². The van der Waals surface area contributed by atoms with Crippen LogP contribution in [-0.2, 0) is 20.7 Å². The Morgan fingerprint density at radius 1 is 0.875 bits per heavy atom. The monoisotopic (exact) mass is 497 g/mol. The quantitative estimate of drug-likeness (QED) is 0.480. The standard InChI is InChI=1S/C9H11.C6H18NSi2.C2H6Si.2ClH.Zr/c1-2-5-9-7-3-6-8(9)4-1;1-8(2,3)7-9(4,5)6;1-3-2;;;/h1-2,4-6,8-9H,3,7H2;1-6H3;1-2H3;2*1H;/q;-1;;;;+3/p-2. The fourth-order valence-corrected chi connectivity index (χ4v) is 62.3. The number of nitrogens with zero attached hydrogens (tertiary/aromatic N) is 1. The van der Waals surface area contributed by atoms with Crippen LogP contribution < -0.4 is 24.8 Å². The normalized spacial score (nSPS) is 25.4. The Labute approximate surface area is 173 Å². The van der Waals surface area contributed by atoms with Crippen LogP contribution in [0.5, 0.6) is 0 Å². The molecule has 24 heavy (non-hydrogen) atoms. The molecule has 0 aromatic carbocycles. The fourth-order valence-electron chi connectivity index (χ4n) is 4.76. The van der Waals surface area contributed by atoms with E-state index in [1.165, 1.54) is 12.8 Å². The van der Waals surface area contributed by atoms with Gasteiger partial charge < -0.3 is 24.8 Å². The molecule has 2 aliphatic carbocycles. The van der Waals surface area contributed by atoms with Crippen molar-refractivity contribution in [3.05, 3.63) is 24.3 Å². The van der Waals surface area contributed by atoms with Crippen molar-refractivity contribution in [1.82, 2.24) is 2.17 Å². The van der Waals surface area contributed by atoms with Gasteiger partial charge in [-0.3, -0.25) is 0 Å². The molecule has 0 spiro atoms. The molecule has 0 bridgehead atoms. The van der Waals surface area contributed by atoms with Crippen molar-refractivity contribution in [2.75, 3.05) is 0 Å². The maximum atomic E-state index is 3.33. The van der Waals surface area contributed by atoms with E-state index in [0.717, 1.165) is 15.5 Å². The summed E-state index contributed by atoms with van der Waals surface area (Å²) in [5, 5.41) is 0. The molecule has 1 saturated carbocycles. The smallest absolute Gasteiger partial charge is 1.00 e. The summed E-state index contributed by atoms with van der Waals surface area (Å²) >= 11 is -1.56. The van der Waals surface area contributed by atoms with Crippen molar-refractivity contribution < 1.29 is 45.5 Å². The van der Waals surface area contributed by atoms with E-state index < -0.39 is 37.1 Å². The van der Waals surface area contributed by atoms with Crippen molar-refractivity contribution in [2.24, 2.45) is 11.8 Å². The van der Waals surface area contributed by atoms with Gasteiger partial charge in [0.15, 0.2) is 0 Å². The van der Waals surface area contributed by atoms with E-state index in [1.54, 1.807) is 0 Å². The number of hydrogen-bond donors (Lipinski definition) is 0. The zero-order valence-corrected chi connectivity index (χ0v) is 23.6. The van der Waals surface area contributed by atoms with Crippen LogP contribution in [0.3, 0.4) is 0 Å². The van der Waals surface area contributed by atoms with Gasteiger partial charge in [0.1, 0.15) is 0 Å². The SMILES string of the molecule is C[Si](C)=[Zr+2]([CH]1CCC2C=CC=CC21)[N]([Si](C)(C)C)[Si](C)(C)C.[Cl-].[Cl-]. The predicted molar refractivity (Wildman–Crippen MR) is 104 cm³/mol. The van der Waals surface area contributed by atoms with Crippen LogP contribution in [0.2, 0.25) is 56.0 Å². The molecule has 0 N–H and O–H groups in total. The zero-order chi connectivity index (χ0) is 16.7. The Balaban J connectivity index is 0.00000264. The van der Waals surface area contributed by atoms with Crippen molar-refractivity contribution in [2.45, 2.75) is 68.8 Å². The van der Waals surface area contributed by atoms with Crippen LogP contribution >= 0.6 is 0 Å². The van der Waals surface area contributed by atoms with Crippen LogP contribution in [0.1, 0.15) is 12.8 Å². The van der Waals surface area contributed by atoms with E-state index >= 15 is 0 Å². The molecular weight excluding hydrogens is 465 g/mol. The molecule has 0 aromatic heterocycles. The summed E-state index contributed by atoms with van der Waals surface area (Å²) in [7, 11) is -2.41. The summed E-state index contributed by atoms with van der Waals surface area (Å²) < 4.78 is 4.42. The van der Waals surface area contributed by atoms with Crippen LogP contribution in [0.15, 0.2) is 24.3 Å². The van der Waals surface area contributed by atoms with Gasteiger partial charge in [-0.05, 0) is 0 Å². The van der Waals surface area contributed by atoms with Gasteiger partial charge in [-0.15, -0.1) is 0 Å². The van der Waals surface area contributed by atoms with Gasteiger partial charge >= 0.3 is 150 Å². The molecule has 138 valence electrons. The zero-order valence-electron chi connectivity index (χ0n) is 16.7. The third-order valence-electron chi connectivity index (χ3n) is 5.02. The second kappa shape index (κ2) is 9.66. The number of allylic oxidation sites excluding steroid dienone is 4. The van der Waals surface area contributed by atoms with Crippen molar-refractivity contribution >= 4 is 21.9 Å². The average Bonchev–Trinajstić information content (AvgIpc) is 2.76. The topological polar surface area (TPSA) is 3.24 Å². The molecule has 1 nitrogen and oxygen atoms in total. The molecule has 0 amide bonds. The van der Waals surface area contributed by atoms with E-state index in [9.17, 15) is 0 Å². The fraction of sp³-hybridized carbons (Fsp3) is 0.765. The van der Waals surface area contributed by atoms with Crippen LogP contribution in [-0.4, -0.2) is 24.1 Å². The molecule has 3 unspecified atom stereocenters. The first kappa shape index (κ1) is 25.6. The van der Waals surface area contributed by atoms with E-state index in [2.05, 4.69) is 78.9 Å². The molecule has 3 atom stereocenters. The second-order valence-corrected chi connectivity index (χ2v) is 38.7. The first-order valence-corrected chi connectivity index (χ1v) is 24.5. The summed E-state index contributed by atoms with van der Waals surface area (Å²) in [5.41, 5.74) is -0.135. The number of hydrogen-bond acceptors (Lipinski definition) is 1. The minimum atomic E-state index is -1.56. The van der Waals surface area contributed by atoms with Crippen LogP contribution in [0.4, 0.5) is 0 Å². The predicted octanol–water partition coefficient (Wildman–Crippen LogP) is -0.309.